The fourth-order valence-electron chi connectivity index (χ4n) is 2.34. The van der Waals surface area contributed by atoms with E-state index in [0.717, 1.165) is 29.0 Å². The van der Waals surface area contributed by atoms with E-state index in [0.29, 0.717) is 0 Å². The van der Waals surface area contributed by atoms with Crippen molar-refractivity contribution in [3.63, 3.8) is 0 Å². The van der Waals surface area contributed by atoms with Crippen LogP contribution >= 0.6 is 15.9 Å². The van der Waals surface area contributed by atoms with Gasteiger partial charge in [-0.05, 0) is 31.4 Å². The molecule has 20 heavy (non-hydrogen) atoms. The van der Waals surface area contributed by atoms with Gasteiger partial charge in [0, 0.05) is 34.2 Å². The van der Waals surface area contributed by atoms with Gasteiger partial charge in [-0.15, -0.1) is 0 Å². The van der Waals surface area contributed by atoms with Crippen LogP contribution in [0.1, 0.15) is 31.7 Å². The zero-order valence-corrected chi connectivity index (χ0v) is 13.3. The summed E-state index contributed by atoms with van der Waals surface area (Å²) in [6.07, 6.45) is 7.89. The maximum Gasteiger partial charge on any atom is 0.0785 e. The second kappa shape index (κ2) is 6.06. The highest BCUT2D eigenvalue weighted by Gasteiger charge is 2.20. The first kappa shape index (κ1) is 13.8. The van der Waals surface area contributed by atoms with Crippen molar-refractivity contribution in [2.75, 3.05) is 6.54 Å². The first-order valence-corrected chi connectivity index (χ1v) is 8.03. The summed E-state index contributed by atoms with van der Waals surface area (Å²) in [5, 5.41) is 4.76. The molecule has 1 aliphatic carbocycles. The molecule has 3 heteroatoms. The molecule has 2 aromatic rings. The minimum atomic E-state index is 0.754. The van der Waals surface area contributed by atoms with E-state index in [1.807, 2.05) is 12.3 Å². The molecule has 1 saturated carbocycles. The highest BCUT2D eigenvalue weighted by Crippen LogP contribution is 2.27. The van der Waals surface area contributed by atoms with Gasteiger partial charge in [-0.1, -0.05) is 46.6 Å². The van der Waals surface area contributed by atoms with Crippen LogP contribution in [0, 0.1) is 0 Å². The minimum Gasteiger partial charge on any atom is -0.310 e. The minimum absolute atomic E-state index is 0.754. The number of nitrogens with zero attached hydrogens (tertiary/aromatic N) is 1. The topological polar surface area (TPSA) is 24.9 Å². The predicted octanol–water partition coefficient (Wildman–Crippen LogP) is 4.54. The van der Waals surface area contributed by atoms with Gasteiger partial charge in [0.1, 0.15) is 0 Å². The van der Waals surface area contributed by atoms with Crippen LogP contribution in [0.5, 0.6) is 0 Å². The summed E-state index contributed by atoms with van der Waals surface area (Å²) in [6, 6.07) is 9.10. The van der Waals surface area contributed by atoms with Crippen molar-refractivity contribution in [1.29, 1.82) is 0 Å². The van der Waals surface area contributed by atoms with Gasteiger partial charge in [0.05, 0.1) is 5.52 Å². The van der Waals surface area contributed by atoms with Crippen molar-refractivity contribution >= 4 is 32.9 Å². The lowest BCUT2D eigenvalue weighted by Crippen LogP contribution is -2.18. The molecule has 0 spiro atoms. The largest absolute Gasteiger partial charge is 0.310 e. The number of hydrogen-bond donors (Lipinski definition) is 1. The third-order valence-corrected chi connectivity index (χ3v) is 4.45. The first-order chi connectivity index (χ1) is 9.78. The third-order valence-electron chi connectivity index (χ3n) is 3.76. The number of fused-ring (bicyclic) bond motifs is 1. The number of benzene rings is 1. The van der Waals surface area contributed by atoms with E-state index in [-0.39, 0.29) is 0 Å². The Kier molecular flexibility index (Phi) is 4.18. The second-order valence-corrected chi connectivity index (χ2v) is 6.20. The van der Waals surface area contributed by atoms with Crippen LogP contribution in [0.25, 0.3) is 17.0 Å². The zero-order chi connectivity index (χ0) is 13.9. The molecule has 2 nitrogen and oxygen atoms in total. The third kappa shape index (κ3) is 3.10. The van der Waals surface area contributed by atoms with Crippen LogP contribution in [0.15, 0.2) is 40.5 Å². The monoisotopic (exact) mass is 330 g/mol. The molecule has 1 N–H and O–H groups in total. The van der Waals surface area contributed by atoms with E-state index >= 15 is 0 Å². The average molecular weight is 331 g/mol. The van der Waals surface area contributed by atoms with Crippen LogP contribution in [0.4, 0.5) is 0 Å². The van der Waals surface area contributed by atoms with Gasteiger partial charge in [0.25, 0.3) is 0 Å². The summed E-state index contributed by atoms with van der Waals surface area (Å²) in [5.41, 5.74) is 3.71. The summed E-state index contributed by atoms with van der Waals surface area (Å²) < 4.78 is 1.10. The molecule has 0 bridgehead atoms. The highest BCUT2D eigenvalue weighted by atomic mass is 79.9. The molecule has 3 rings (SSSR count). The smallest absolute Gasteiger partial charge is 0.0785 e. The van der Waals surface area contributed by atoms with Gasteiger partial charge < -0.3 is 5.32 Å². The summed E-state index contributed by atoms with van der Waals surface area (Å²) in [4.78, 5) is 4.54. The molecule has 0 atom stereocenters. The second-order valence-electron chi connectivity index (χ2n) is 5.35. The Morgan fingerprint density at radius 2 is 2.25 bits per heavy atom. The molecule has 1 aliphatic rings. The SMILES string of the molecule is CC/C(=C/c1ccc(Br)c2cccnc12)CNC1CC1. The number of aromatic nitrogens is 1. The van der Waals surface area contributed by atoms with E-state index in [4.69, 9.17) is 0 Å². The molecular weight excluding hydrogens is 312 g/mol. The summed E-state index contributed by atoms with van der Waals surface area (Å²) in [6.45, 7) is 3.21. The van der Waals surface area contributed by atoms with Crippen LogP contribution < -0.4 is 5.32 Å². The Morgan fingerprint density at radius 3 is 3.00 bits per heavy atom. The van der Waals surface area contributed by atoms with Crippen molar-refractivity contribution in [2.45, 2.75) is 32.2 Å². The zero-order valence-electron chi connectivity index (χ0n) is 11.7. The Balaban J connectivity index is 1.93. The number of nitrogens with one attached hydrogen (secondary N) is 1. The van der Waals surface area contributed by atoms with Gasteiger partial charge in [-0.2, -0.15) is 0 Å². The number of halogens is 1. The molecular formula is C17H19BrN2. The van der Waals surface area contributed by atoms with Crippen molar-refractivity contribution in [3.8, 4) is 0 Å². The molecule has 1 fully saturated rings. The normalized spacial score (nSPS) is 15.8. The van der Waals surface area contributed by atoms with Crippen LogP contribution in [-0.2, 0) is 0 Å². The van der Waals surface area contributed by atoms with E-state index < -0.39 is 0 Å². The quantitative estimate of drug-likeness (QED) is 0.870. The number of hydrogen-bond acceptors (Lipinski definition) is 2. The Labute approximate surface area is 128 Å². The molecule has 1 aromatic carbocycles. The predicted molar refractivity (Wildman–Crippen MR) is 88.7 cm³/mol. The van der Waals surface area contributed by atoms with Crippen molar-refractivity contribution in [1.82, 2.24) is 10.3 Å². The van der Waals surface area contributed by atoms with E-state index in [2.05, 4.69) is 57.4 Å². The van der Waals surface area contributed by atoms with E-state index in [1.165, 1.54) is 29.4 Å². The maximum atomic E-state index is 4.54. The molecule has 0 aliphatic heterocycles. The van der Waals surface area contributed by atoms with Crippen LogP contribution in [0.3, 0.4) is 0 Å². The molecule has 104 valence electrons. The number of pyridine rings is 1. The van der Waals surface area contributed by atoms with Crippen LogP contribution in [0.2, 0.25) is 0 Å². The highest BCUT2D eigenvalue weighted by molar-refractivity contribution is 9.10. The summed E-state index contributed by atoms with van der Waals surface area (Å²) >= 11 is 3.60. The van der Waals surface area contributed by atoms with Crippen molar-refractivity contribution in [2.24, 2.45) is 0 Å². The fourth-order valence-corrected chi connectivity index (χ4v) is 2.79. The fraction of sp³-hybridized carbons (Fsp3) is 0.353. The van der Waals surface area contributed by atoms with Crippen molar-refractivity contribution in [3.05, 3.63) is 46.1 Å². The Bertz CT molecular complexity index is 644. The lowest BCUT2D eigenvalue weighted by atomic mass is 10.1. The van der Waals surface area contributed by atoms with Gasteiger partial charge in [0.2, 0.25) is 0 Å². The van der Waals surface area contributed by atoms with Gasteiger partial charge in [0.15, 0.2) is 0 Å². The van der Waals surface area contributed by atoms with Crippen molar-refractivity contribution < 1.29 is 0 Å². The molecule has 1 aromatic heterocycles. The molecule has 0 amide bonds. The molecule has 1 heterocycles. The summed E-state index contributed by atoms with van der Waals surface area (Å²) in [5.74, 6) is 0. The van der Waals surface area contributed by atoms with Gasteiger partial charge in [-0.3, -0.25) is 4.98 Å². The molecule has 0 unspecified atom stereocenters. The summed E-state index contributed by atoms with van der Waals surface area (Å²) in [7, 11) is 0. The van der Waals surface area contributed by atoms with E-state index in [1.54, 1.807) is 0 Å². The molecule has 0 radical (unpaired) electrons. The van der Waals surface area contributed by atoms with Crippen LogP contribution in [-0.4, -0.2) is 17.6 Å². The Hall–Kier alpha value is -1.19. The number of rotatable bonds is 5. The van der Waals surface area contributed by atoms with Gasteiger partial charge >= 0.3 is 0 Å². The van der Waals surface area contributed by atoms with E-state index in [9.17, 15) is 0 Å². The maximum absolute atomic E-state index is 4.54. The lowest BCUT2D eigenvalue weighted by Gasteiger charge is -2.08. The van der Waals surface area contributed by atoms with Gasteiger partial charge in [-0.25, -0.2) is 0 Å². The average Bonchev–Trinajstić information content (AvgIpc) is 3.30. The molecule has 0 saturated heterocycles. The first-order valence-electron chi connectivity index (χ1n) is 7.24. The standard InChI is InChI=1S/C17H19BrN2/c1-2-12(11-20-14-6-7-14)10-13-5-8-16(18)15-4-3-9-19-17(13)15/h3-5,8-10,14,20H,2,6-7,11H2,1H3/b12-10-. The lowest BCUT2D eigenvalue weighted by molar-refractivity contribution is 0.723. The Morgan fingerprint density at radius 1 is 1.40 bits per heavy atom.